The molecule has 1 fully saturated rings. The normalized spacial score (nSPS) is 55.5. The fourth-order valence-electron chi connectivity index (χ4n) is 0.540. The maximum Gasteiger partial charge on any atom is 0.111 e. The third-order valence-electron chi connectivity index (χ3n) is 1.57. The summed E-state index contributed by atoms with van der Waals surface area (Å²) in [6.07, 6.45) is 0.771. The second-order valence-electron chi connectivity index (χ2n) is 2.38. The largest absolute Gasteiger partial charge is 0.244 e. The molecule has 0 aromatic heterocycles. The van der Waals surface area contributed by atoms with Crippen molar-refractivity contribution < 1.29 is 4.39 Å². The summed E-state index contributed by atoms with van der Waals surface area (Å²) in [4.78, 5) is 0. The Hall–Kier alpha value is -0.0700. The van der Waals surface area contributed by atoms with Gasteiger partial charge >= 0.3 is 0 Å². The monoisotopic (exact) mass is 88.1 g/mol. The van der Waals surface area contributed by atoms with Gasteiger partial charge in [0.15, 0.2) is 0 Å². The summed E-state index contributed by atoms with van der Waals surface area (Å²) < 4.78 is 12.2. The van der Waals surface area contributed by atoms with E-state index in [2.05, 4.69) is 0 Å². The maximum absolute atomic E-state index is 12.2. The fraction of sp³-hybridized carbons (Fsp3) is 1.00. The predicted molar refractivity (Wildman–Crippen MR) is 23.3 cm³/mol. The highest BCUT2D eigenvalue weighted by Gasteiger charge is 2.47. The molecule has 0 aromatic rings. The summed E-state index contributed by atoms with van der Waals surface area (Å²) >= 11 is 0. The molecule has 1 aliphatic carbocycles. The Bertz CT molecular complexity index is 66.3. The Morgan fingerprint density at radius 1 is 1.83 bits per heavy atom. The molecule has 36 valence electrons. The predicted octanol–water partition coefficient (Wildman–Crippen LogP) is 1.75. The molecule has 1 heteroatoms. The first-order valence-electron chi connectivity index (χ1n) is 2.32. The average molecular weight is 88.1 g/mol. The summed E-state index contributed by atoms with van der Waals surface area (Å²) in [7, 11) is 0. The number of alkyl halides is 1. The molecular formula is C5H9F. The van der Waals surface area contributed by atoms with Crippen molar-refractivity contribution in [2.75, 3.05) is 0 Å². The number of hydrogen-bond donors (Lipinski definition) is 0. The van der Waals surface area contributed by atoms with E-state index in [9.17, 15) is 4.39 Å². The maximum atomic E-state index is 12.2. The molecule has 0 nitrogen and oxygen atoms in total. The summed E-state index contributed by atoms with van der Waals surface area (Å²) in [5.41, 5.74) is -0.792. The topological polar surface area (TPSA) is 0 Å². The fourth-order valence-corrected chi connectivity index (χ4v) is 0.540. The Morgan fingerprint density at radius 3 is 2.00 bits per heavy atom. The Morgan fingerprint density at radius 2 is 2.00 bits per heavy atom. The third-order valence-corrected chi connectivity index (χ3v) is 1.57. The molecule has 0 aliphatic heterocycles. The molecule has 0 heterocycles. The molecule has 1 aliphatic rings. The minimum atomic E-state index is -0.792. The minimum Gasteiger partial charge on any atom is -0.244 e. The second-order valence-corrected chi connectivity index (χ2v) is 2.38. The lowest BCUT2D eigenvalue weighted by Crippen LogP contribution is -1.90. The SMILES string of the molecule is CC1CC1(C)F. The highest BCUT2D eigenvalue weighted by molar-refractivity contribution is 4.96. The zero-order valence-electron chi connectivity index (χ0n) is 4.16. The standard InChI is InChI=1S/C5H9F/c1-4-3-5(4,2)6/h4H,3H2,1-2H3. The van der Waals surface area contributed by atoms with Gasteiger partial charge in [0.2, 0.25) is 0 Å². The van der Waals surface area contributed by atoms with Crippen molar-refractivity contribution in [1.29, 1.82) is 0 Å². The molecule has 0 amide bonds. The van der Waals surface area contributed by atoms with Crippen LogP contribution in [0, 0.1) is 5.92 Å². The zero-order chi connectivity index (χ0) is 4.78. The molecule has 0 radical (unpaired) electrons. The van der Waals surface area contributed by atoms with Gasteiger partial charge in [-0.1, -0.05) is 6.92 Å². The molecule has 0 aromatic carbocycles. The van der Waals surface area contributed by atoms with Gasteiger partial charge in [0.25, 0.3) is 0 Å². The average Bonchev–Trinajstić information content (AvgIpc) is 1.73. The summed E-state index contributed by atoms with van der Waals surface area (Å²) in [6.45, 7) is 3.58. The second kappa shape index (κ2) is 0.772. The van der Waals surface area contributed by atoms with Gasteiger partial charge in [-0.3, -0.25) is 0 Å². The van der Waals surface area contributed by atoms with Crippen LogP contribution in [0.25, 0.3) is 0 Å². The Balaban J connectivity index is 2.41. The Kier molecular flexibility index (Phi) is 0.527. The van der Waals surface area contributed by atoms with E-state index in [0.29, 0.717) is 5.92 Å². The summed E-state index contributed by atoms with van der Waals surface area (Å²) in [5.74, 6) is 0.331. The zero-order valence-corrected chi connectivity index (χ0v) is 4.16. The van der Waals surface area contributed by atoms with Crippen LogP contribution < -0.4 is 0 Å². The molecule has 1 saturated carbocycles. The van der Waals surface area contributed by atoms with E-state index >= 15 is 0 Å². The van der Waals surface area contributed by atoms with Crippen LogP contribution in [0.1, 0.15) is 20.3 Å². The van der Waals surface area contributed by atoms with E-state index in [-0.39, 0.29) is 0 Å². The summed E-state index contributed by atoms with van der Waals surface area (Å²) in [6, 6.07) is 0. The number of hydrogen-bond acceptors (Lipinski definition) is 0. The Labute approximate surface area is 37.4 Å². The number of halogens is 1. The van der Waals surface area contributed by atoms with Crippen LogP contribution in [-0.4, -0.2) is 5.67 Å². The van der Waals surface area contributed by atoms with E-state index < -0.39 is 5.67 Å². The van der Waals surface area contributed by atoms with Crippen molar-refractivity contribution in [3.8, 4) is 0 Å². The van der Waals surface area contributed by atoms with Crippen molar-refractivity contribution in [2.45, 2.75) is 25.9 Å². The van der Waals surface area contributed by atoms with E-state index in [4.69, 9.17) is 0 Å². The van der Waals surface area contributed by atoms with Crippen LogP contribution in [0.15, 0.2) is 0 Å². The van der Waals surface area contributed by atoms with E-state index in [1.54, 1.807) is 6.92 Å². The van der Waals surface area contributed by atoms with Gasteiger partial charge in [0, 0.05) is 0 Å². The molecule has 0 bridgehead atoms. The van der Waals surface area contributed by atoms with Crippen LogP contribution in [0.4, 0.5) is 4.39 Å². The van der Waals surface area contributed by atoms with Crippen LogP contribution >= 0.6 is 0 Å². The van der Waals surface area contributed by atoms with Gasteiger partial charge in [-0.25, -0.2) is 4.39 Å². The van der Waals surface area contributed by atoms with Crippen LogP contribution in [0.2, 0.25) is 0 Å². The summed E-state index contributed by atoms with van der Waals surface area (Å²) in [5, 5.41) is 0. The lowest BCUT2D eigenvalue weighted by molar-refractivity contribution is 0.315. The smallest absolute Gasteiger partial charge is 0.111 e. The third kappa shape index (κ3) is 0.423. The van der Waals surface area contributed by atoms with Crippen molar-refractivity contribution >= 4 is 0 Å². The quantitative estimate of drug-likeness (QED) is 0.423. The van der Waals surface area contributed by atoms with Gasteiger partial charge < -0.3 is 0 Å². The van der Waals surface area contributed by atoms with Crippen molar-refractivity contribution in [3.05, 3.63) is 0 Å². The highest BCUT2D eigenvalue weighted by atomic mass is 19.1. The molecule has 0 saturated heterocycles. The van der Waals surface area contributed by atoms with Gasteiger partial charge in [-0.2, -0.15) is 0 Å². The molecule has 6 heavy (non-hydrogen) atoms. The lowest BCUT2D eigenvalue weighted by Gasteiger charge is -1.87. The van der Waals surface area contributed by atoms with Crippen LogP contribution in [0.3, 0.4) is 0 Å². The van der Waals surface area contributed by atoms with Crippen molar-refractivity contribution in [3.63, 3.8) is 0 Å². The molecule has 0 N–H and O–H groups in total. The van der Waals surface area contributed by atoms with E-state index in [1.807, 2.05) is 6.92 Å². The van der Waals surface area contributed by atoms with Gasteiger partial charge in [0.05, 0.1) is 0 Å². The minimum absolute atomic E-state index is 0.331. The van der Waals surface area contributed by atoms with Crippen molar-refractivity contribution in [2.24, 2.45) is 5.92 Å². The molecule has 2 atom stereocenters. The first kappa shape index (κ1) is 4.10. The van der Waals surface area contributed by atoms with E-state index in [1.165, 1.54) is 0 Å². The molecule has 2 unspecified atom stereocenters. The molecular weight excluding hydrogens is 79.1 g/mol. The van der Waals surface area contributed by atoms with E-state index in [0.717, 1.165) is 6.42 Å². The van der Waals surface area contributed by atoms with Crippen LogP contribution in [0.5, 0.6) is 0 Å². The first-order valence-corrected chi connectivity index (χ1v) is 2.32. The molecule has 1 rings (SSSR count). The highest BCUT2D eigenvalue weighted by Crippen LogP contribution is 2.45. The van der Waals surface area contributed by atoms with Crippen molar-refractivity contribution in [1.82, 2.24) is 0 Å². The number of rotatable bonds is 0. The molecule has 0 spiro atoms. The first-order chi connectivity index (χ1) is 2.63. The van der Waals surface area contributed by atoms with Gasteiger partial charge in [-0.05, 0) is 19.3 Å². The van der Waals surface area contributed by atoms with Crippen LogP contribution in [-0.2, 0) is 0 Å². The van der Waals surface area contributed by atoms with Gasteiger partial charge in [0.1, 0.15) is 5.67 Å². The lowest BCUT2D eigenvalue weighted by atomic mass is 10.3. The van der Waals surface area contributed by atoms with Gasteiger partial charge in [-0.15, -0.1) is 0 Å².